The summed E-state index contributed by atoms with van der Waals surface area (Å²) in [4.78, 5) is 2.65. The summed E-state index contributed by atoms with van der Waals surface area (Å²) in [5, 5.41) is 10.0. The highest BCUT2D eigenvalue weighted by atomic mass is 16.3. The molecule has 0 bridgehead atoms. The van der Waals surface area contributed by atoms with Crippen molar-refractivity contribution in [3.05, 3.63) is 23.5 Å². The van der Waals surface area contributed by atoms with Crippen molar-refractivity contribution in [1.82, 2.24) is 9.47 Å². The third-order valence-electron chi connectivity index (χ3n) is 5.15. The molecular weight excluding hydrogens is 248 g/mol. The highest BCUT2D eigenvalue weighted by molar-refractivity contribution is 5.27. The molecule has 1 N–H and O–H groups in total. The smallest absolute Gasteiger partial charge is 0.0807 e. The molecule has 112 valence electrons. The fourth-order valence-corrected chi connectivity index (χ4v) is 3.88. The Labute approximate surface area is 122 Å². The molecule has 0 saturated carbocycles. The van der Waals surface area contributed by atoms with Crippen molar-refractivity contribution in [2.45, 2.75) is 70.6 Å². The molecule has 1 saturated heterocycles. The lowest BCUT2D eigenvalue weighted by Crippen LogP contribution is -2.38. The van der Waals surface area contributed by atoms with Gasteiger partial charge in [0.15, 0.2) is 0 Å². The Morgan fingerprint density at radius 1 is 1.20 bits per heavy atom. The summed E-state index contributed by atoms with van der Waals surface area (Å²) >= 11 is 0. The van der Waals surface area contributed by atoms with E-state index in [0.29, 0.717) is 0 Å². The number of rotatable bonds is 4. The Morgan fingerprint density at radius 2 is 2.10 bits per heavy atom. The Morgan fingerprint density at radius 3 is 2.95 bits per heavy atom. The van der Waals surface area contributed by atoms with Crippen LogP contribution in [-0.4, -0.2) is 33.7 Å². The van der Waals surface area contributed by atoms with Crippen LogP contribution in [-0.2, 0) is 13.0 Å². The zero-order chi connectivity index (χ0) is 13.9. The third-order valence-corrected chi connectivity index (χ3v) is 5.15. The van der Waals surface area contributed by atoms with Crippen LogP contribution in [0, 0.1) is 0 Å². The quantitative estimate of drug-likeness (QED) is 0.915. The second-order valence-electron chi connectivity index (χ2n) is 6.55. The fraction of sp³-hybridized carbons (Fsp3) is 0.765. The van der Waals surface area contributed by atoms with Crippen LogP contribution in [0.4, 0.5) is 0 Å². The lowest BCUT2D eigenvalue weighted by molar-refractivity contribution is 0.153. The predicted molar refractivity (Wildman–Crippen MR) is 81.8 cm³/mol. The molecule has 2 heterocycles. The number of hydrogen-bond donors (Lipinski definition) is 1. The Kier molecular flexibility index (Phi) is 4.47. The second-order valence-corrected chi connectivity index (χ2v) is 6.55. The van der Waals surface area contributed by atoms with E-state index in [1.165, 1.54) is 50.0 Å². The van der Waals surface area contributed by atoms with E-state index < -0.39 is 0 Å². The minimum atomic E-state index is -0.220. The minimum absolute atomic E-state index is 0.220. The van der Waals surface area contributed by atoms with Gasteiger partial charge in [-0.05, 0) is 58.1 Å². The largest absolute Gasteiger partial charge is 0.388 e. The predicted octanol–water partition coefficient (Wildman–Crippen LogP) is 3.12. The zero-order valence-electron chi connectivity index (χ0n) is 12.7. The SMILES string of the molecule is CC1CCCCN1CCCn1ccc2c1CCCC2O. The number of fused-ring (bicyclic) bond motifs is 1. The van der Waals surface area contributed by atoms with Crippen molar-refractivity contribution in [3.63, 3.8) is 0 Å². The summed E-state index contributed by atoms with van der Waals surface area (Å²) in [5.41, 5.74) is 2.57. The number of nitrogens with zero attached hydrogens (tertiary/aromatic N) is 2. The zero-order valence-corrected chi connectivity index (χ0v) is 12.7. The van der Waals surface area contributed by atoms with Crippen LogP contribution in [0.1, 0.15) is 62.8 Å². The molecule has 20 heavy (non-hydrogen) atoms. The lowest BCUT2D eigenvalue weighted by Gasteiger charge is -2.33. The summed E-state index contributed by atoms with van der Waals surface area (Å²) in [6, 6.07) is 2.90. The van der Waals surface area contributed by atoms with Crippen LogP contribution >= 0.6 is 0 Å². The molecule has 1 aliphatic carbocycles. The van der Waals surface area contributed by atoms with Gasteiger partial charge in [-0.15, -0.1) is 0 Å². The van der Waals surface area contributed by atoms with Crippen LogP contribution in [0.25, 0.3) is 0 Å². The van der Waals surface area contributed by atoms with Crippen molar-refractivity contribution < 1.29 is 5.11 Å². The van der Waals surface area contributed by atoms with Gasteiger partial charge in [-0.3, -0.25) is 0 Å². The Bertz CT molecular complexity index is 440. The van der Waals surface area contributed by atoms with Crippen molar-refractivity contribution in [2.24, 2.45) is 0 Å². The highest BCUT2D eigenvalue weighted by Gasteiger charge is 2.21. The number of hydrogen-bond acceptors (Lipinski definition) is 2. The molecule has 0 amide bonds. The highest BCUT2D eigenvalue weighted by Crippen LogP contribution is 2.30. The van der Waals surface area contributed by atoms with E-state index in [1.807, 2.05) is 0 Å². The van der Waals surface area contributed by atoms with Gasteiger partial charge in [0.25, 0.3) is 0 Å². The van der Waals surface area contributed by atoms with E-state index >= 15 is 0 Å². The fourth-order valence-electron chi connectivity index (χ4n) is 3.88. The molecule has 0 radical (unpaired) electrons. The number of aliphatic hydroxyl groups is 1. The van der Waals surface area contributed by atoms with Crippen LogP contribution in [0.5, 0.6) is 0 Å². The van der Waals surface area contributed by atoms with E-state index in [0.717, 1.165) is 31.8 Å². The monoisotopic (exact) mass is 276 g/mol. The Balaban J connectivity index is 1.54. The standard InChI is InChI=1S/C17H28N2O/c1-14-6-2-3-10-18(14)11-5-12-19-13-9-15-16(19)7-4-8-17(15)20/h9,13-14,17,20H,2-8,10-12H2,1H3. The first-order chi connectivity index (χ1) is 9.75. The van der Waals surface area contributed by atoms with Gasteiger partial charge in [-0.25, -0.2) is 0 Å². The molecule has 3 heteroatoms. The summed E-state index contributed by atoms with van der Waals surface area (Å²) in [7, 11) is 0. The van der Waals surface area contributed by atoms with Gasteiger partial charge in [-0.1, -0.05) is 6.42 Å². The molecular formula is C17H28N2O. The average molecular weight is 276 g/mol. The van der Waals surface area contributed by atoms with E-state index in [2.05, 4.69) is 28.7 Å². The molecule has 1 aromatic rings. The number of piperidine rings is 1. The molecule has 3 rings (SSSR count). The first-order valence-corrected chi connectivity index (χ1v) is 8.35. The van der Waals surface area contributed by atoms with E-state index in [9.17, 15) is 5.11 Å². The van der Waals surface area contributed by atoms with E-state index in [1.54, 1.807) is 0 Å². The molecule has 0 spiro atoms. The molecule has 2 aliphatic rings. The molecule has 2 atom stereocenters. The van der Waals surface area contributed by atoms with Gasteiger partial charge in [0.2, 0.25) is 0 Å². The van der Waals surface area contributed by atoms with Crippen molar-refractivity contribution >= 4 is 0 Å². The van der Waals surface area contributed by atoms with Gasteiger partial charge in [0.1, 0.15) is 0 Å². The van der Waals surface area contributed by atoms with Crippen molar-refractivity contribution in [3.8, 4) is 0 Å². The van der Waals surface area contributed by atoms with Gasteiger partial charge in [0, 0.05) is 36.6 Å². The summed E-state index contributed by atoms with van der Waals surface area (Å²) in [6.07, 6.45) is 10.5. The number of aromatic nitrogens is 1. The molecule has 1 aliphatic heterocycles. The van der Waals surface area contributed by atoms with Gasteiger partial charge < -0.3 is 14.6 Å². The van der Waals surface area contributed by atoms with Crippen LogP contribution < -0.4 is 0 Å². The number of aliphatic hydroxyl groups excluding tert-OH is 1. The molecule has 1 aromatic heterocycles. The molecule has 3 nitrogen and oxygen atoms in total. The second kappa shape index (κ2) is 6.31. The van der Waals surface area contributed by atoms with E-state index in [-0.39, 0.29) is 6.10 Å². The van der Waals surface area contributed by atoms with Crippen LogP contribution in [0.3, 0.4) is 0 Å². The van der Waals surface area contributed by atoms with Gasteiger partial charge in [0.05, 0.1) is 6.10 Å². The minimum Gasteiger partial charge on any atom is -0.388 e. The number of aryl methyl sites for hydroxylation is 1. The van der Waals surface area contributed by atoms with Crippen LogP contribution in [0.2, 0.25) is 0 Å². The number of likely N-dealkylation sites (tertiary alicyclic amines) is 1. The normalized spacial score (nSPS) is 27.5. The topological polar surface area (TPSA) is 28.4 Å². The Hall–Kier alpha value is -0.800. The van der Waals surface area contributed by atoms with Crippen molar-refractivity contribution in [2.75, 3.05) is 13.1 Å². The van der Waals surface area contributed by atoms with Gasteiger partial charge in [-0.2, -0.15) is 0 Å². The maximum atomic E-state index is 10.0. The molecule has 0 aromatic carbocycles. The van der Waals surface area contributed by atoms with Gasteiger partial charge >= 0.3 is 0 Å². The van der Waals surface area contributed by atoms with Crippen LogP contribution in [0.15, 0.2) is 12.3 Å². The maximum Gasteiger partial charge on any atom is 0.0807 e. The lowest BCUT2D eigenvalue weighted by atomic mass is 9.95. The summed E-state index contributed by atoms with van der Waals surface area (Å²) < 4.78 is 2.38. The average Bonchev–Trinajstić information content (AvgIpc) is 2.86. The molecule has 1 fully saturated rings. The summed E-state index contributed by atoms with van der Waals surface area (Å²) in [6.45, 7) is 5.97. The first-order valence-electron chi connectivity index (χ1n) is 8.35. The van der Waals surface area contributed by atoms with E-state index in [4.69, 9.17) is 0 Å². The van der Waals surface area contributed by atoms with Crippen molar-refractivity contribution in [1.29, 1.82) is 0 Å². The maximum absolute atomic E-state index is 10.0. The first kappa shape index (κ1) is 14.2. The molecule has 2 unspecified atom stereocenters. The summed E-state index contributed by atoms with van der Waals surface area (Å²) in [5.74, 6) is 0. The third kappa shape index (κ3) is 2.94.